The van der Waals surface area contributed by atoms with Crippen LogP contribution in [0.5, 0.6) is 0 Å². The number of nitrogens with two attached hydrogens (primary N) is 1. The van der Waals surface area contributed by atoms with E-state index in [0.29, 0.717) is 24.8 Å². The Labute approximate surface area is 210 Å². The molecule has 1 aliphatic rings. The minimum absolute atomic E-state index is 0.138. The van der Waals surface area contributed by atoms with Crippen LogP contribution in [-0.2, 0) is 16.1 Å². The van der Waals surface area contributed by atoms with Crippen LogP contribution >= 0.6 is 0 Å². The summed E-state index contributed by atoms with van der Waals surface area (Å²) in [7, 11) is 0. The van der Waals surface area contributed by atoms with E-state index in [4.69, 9.17) is 5.73 Å². The van der Waals surface area contributed by atoms with Crippen LogP contribution in [0.2, 0.25) is 0 Å². The van der Waals surface area contributed by atoms with Gasteiger partial charge in [0.2, 0.25) is 11.8 Å². The highest BCUT2D eigenvalue weighted by atomic mass is 16.2. The molecule has 0 radical (unpaired) electrons. The summed E-state index contributed by atoms with van der Waals surface area (Å²) in [5, 5.41) is 3.51. The monoisotopic (exact) mass is 478 g/mol. The Morgan fingerprint density at radius 3 is 2.26 bits per heavy atom. The molecule has 1 saturated heterocycles. The predicted molar refractivity (Wildman–Crippen MR) is 144 cm³/mol. The van der Waals surface area contributed by atoms with Crippen molar-refractivity contribution in [2.24, 2.45) is 17.6 Å². The van der Waals surface area contributed by atoms with Gasteiger partial charge < -0.3 is 20.9 Å². The van der Waals surface area contributed by atoms with Crippen molar-refractivity contribution in [1.82, 2.24) is 4.90 Å². The lowest BCUT2D eigenvalue weighted by Gasteiger charge is -2.40. The smallest absolute Gasteiger partial charge is 0.222 e. The molecule has 35 heavy (non-hydrogen) atoms. The van der Waals surface area contributed by atoms with Gasteiger partial charge >= 0.3 is 0 Å². The standard InChI is InChI=1S/C29H42N4O2/c1-22(2)15-20-33(26-12-10-25(11-13-26)31-21-24-7-5-4-6-8-24)27-16-18-32(19-17-27)28(34)14-9-23(3)29(30)35/h4-8,10-13,22-23,27,31H,9,14-21H2,1-3H3,(H2,30,35). The normalized spacial score (nSPS) is 15.1. The fourth-order valence-electron chi connectivity index (χ4n) is 4.56. The van der Waals surface area contributed by atoms with E-state index in [1.165, 1.54) is 11.3 Å². The molecule has 3 N–H and O–H groups in total. The third-order valence-corrected chi connectivity index (χ3v) is 7.02. The highest BCUT2D eigenvalue weighted by molar-refractivity contribution is 5.79. The highest BCUT2D eigenvalue weighted by Gasteiger charge is 2.27. The van der Waals surface area contributed by atoms with E-state index in [2.05, 4.69) is 72.6 Å². The topological polar surface area (TPSA) is 78.7 Å². The zero-order valence-electron chi connectivity index (χ0n) is 21.6. The van der Waals surface area contributed by atoms with E-state index in [1.54, 1.807) is 6.92 Å². The summed E-state index contributed by atoms with van der Waals surface area (Å²) in [5.41, 5.74) is 8.96. The van der Waals surface area contributed by atoms with Crippen molar-refractivity contribution in [1.29, 1.82) is 0 Å². The minimum atomic E-state index is -0.335. The van der Waals surface area contributed by atoms with Crippen molar-refractivity contribution < 1.29 is 9.59 Å². The fourth-order valence-corrected chi connectivity index (χ4v) is 4.56. The Hall–Kier alpha value is -3.02. The molecule has 0 saturated carbocycles. The van der Waals surface area contributed by atoms with Crippen LogP contribution in [0.3, 0.4) is 0 Å². The molecule has 0 spiro atoms. The Kier molecular flexibility index (Phi) is 10.0. The molecule has 2 aromatic rings. The molecule has 6 heteroatoms. The highest BCUT2D eigenvalue weighted by Crippen LogP contribution is 2.27. The second kappa shape index (κ2) is 13.2. The Bertz CT molecular complexity index is 921. The largest absolute Gasteiger partial charge is 0.381 e. The van der Waals surface area contributed by atoms with Crippen LogP contribution in [0, 0.1) is 11.8 Å². The Morgan fingerprint density at radius 2 is 1.66 bits per heavy atom. The first-order valence-electron chi connectivity index (χ1n) is 13.0. The molecule has 1 fully saturated rings. The van der Waals surface area contributed by atoms with Gasteiger partial charge in [0, 0.05) is 55.9 Å². The molecule has 1 heterocycles. The number of primary amides is 1. The van der Waals surface area contributed by atoms with Crippen molar-refractivity contribution in [2.45, 2.75) is 65.5 Å². The molecule has 1 aliphatic heterocycles. The van der Waals surface area contributed by atoms with Gasteiger partial charge in [0.05, 0.1) is 0 Å². The molecular formula is C29H42N4O2. The van der Waals surface area contributed by atoms with E-state index in [-0.39, 0.29) is 17.7 Å². The number of amides is 2. The second-order valence-electron chi connectivity index (χ2n) is 10.2. The summed E-state index contributed by atoms with van der Waals surface area (Å²) < 4.78 is 0. The number of benzene rings is 2. The molecule has 6 nitrogen and oxygen atoms in total. The van der Waals surface area contributed by atoms with Crippen molar-refractivity contribution in [3.63, 3.8) is 0 Å². The summed E-state index contributed by atoms with van der Waals surface area (Å²) in [6, 6.07) is 19.6. The third-order valence-electron chi connectivity index (χ3n) is 7.02. The first-order valence-corrected chi connectivity index (χ1v) is 13.0. The predicted octanol–water partition coefficient (Wildman–Crippen LogP) is 5.04. The number of nitrogens with zero attached hydrogens (tertiary/aromatic N) is 2. The van der Waals surface area contributed by atoms with Crippen LogP contribution in [0.25, 0.3) is 0 Å². The lowest BCUT2D eigenvalue weighted by Crippen LogP contribution is -2.47. The third kappa shape index (κ3) is 8.30. The first-order chi connectivity index (χ1) is 16.8. The van der Waals surface area contributed by atoms with E-state index in [9.17, 15) is 9.59 Å². The van der Waals surface area contributed by atoms with Gasteiger partial charge in [-0.3, -0.25) is 9.59 Å². The molecule has 3 rings (SSSR count). The van der Waals surface area contributed by atoms with E-state index < -0.39 is 0 Å². The molecular weight excluding hydrogens is 436 g/mol. The molecule has 0 aromatic heterocycles. The summed E-state index contributed by atoms with van der Waals surface area (Å²) >= 11 is 0. The maximum Gasteiger partial charge on any atom is 0.222 e. The maximum atomic E-state index is 12.6. The van der Waals surface area contributed by atoms with Gasteiger partial charge in [-0.05, 0) is 61.4 Å². The zero-order valence-corrected chi connectivity index (χ0v) is 21.6. The number of rotatable bonds is 12. The number of hydrogen-bond donors (Lipinski definition) is 2. The van der Waals surface area contributed by atoms with Crippen LogP contribution in [0.15, 0.2) is 54.6 Å². The molecule has 190 valence electrons. The van der Waals surface area contributed by atoms with Crippen LogP contribution in [-0.4, -0.2) is 42.4 Å². The lowest BCUT2D eigenvalue weighted by molar-refractivity contribution is -0.132. The molecule has 0 aliphatic carbocycles. The Morgan fingerprint density at radius 1 is 1.00 bits per heavy atom. The average molecular weight is 479 g/mol. The van der Waals surface area contributed by atoms with E-state index in [0.717, 1.165) is 51.1 Å². The zero-order chi connectivity index (χ0) is 25.2. The average Bonchev–Trinajstić information content (AvgIpc) is 2.87. The fraction of sp³-hybridized carbons (Fsp3) is 0.517. The van der Waals surface area contributed by atoms with Gasteiger partial charge in [0.15, 0.2) is 0 Å². The lowest BCUT2D eigenvalue weighted by atomic mass is 9.99. The molecule has 1 unspecified atom stereocenters. The summed E-state index contributed by atoms with van der Waals surface area (Å²) in [4.78, 5) is 28.4. The minimum Gasteiger partial charge on any atom is -0.381 e. The van der Waals surface area contributed by atoms with Crippen molar-refractivity contribution in [3.05, 3.63) is 60.2 Å². The van der Waals surface area contributed by atoms with Gasteiger partial charge in [-0.2, -0.15) is 0 Å². The number of nitrogens with one attached hydrogen (secondary N) is 1. The molecule has 1 atom stereocenters. The van der Waals surface area contributed by atoms with Gasteiger partial charge in [-0.15, -0.1) is 0 Å². The molecule has 0 bridgehead atoms. The van der Waals surface area contributed by atoms with Gasteiger partial charge in [-0.1, -0.05) is 51.1 Å². The Balaban J connectivity index is 1.57. The van der Waals surface area contributed by atoms with E-state index in [1.807, 2.05) is 11.0 Å². The van der Waals surface area contributed by atoms with Crippen molar-refractivity contribution >= 4 is 23.2 Å². The summed E-state index contributed by atoms with van der Waals surface area (Å²) in [6.07, 6.45) is 3.98. The van der Waals surface area contributed by atoms with Crippen molar-refractivity contribution in [2.75, 3.05) is 29.9 Å². The SMILES string of the molecule is CC(C)CCN(c1ccc(NCc2ccccc2)cc1)C1CCN(C(=O)CCC(C)C(N)=O)CC1. The van der Waals surface area contributed by atoms with Crippen LogP contribution < -0.4 is 16.0 Å². The van der Waals surface area contributed by atoms with Crippen molar-refractivity contribution in [3.8, 4) is 0 Å². The first kappa shape index (κ1) is 26.6. The van der Waals surface area contributed by atoms with Gasteiger partial charge in [0.25, 0.3) is 0 Å². The van der Waals surface area contributed by atoms with Crippen LogP contribution in [0.4, 0.5) is 11.4 Å². The van der Waals surface area contributed by atoms with Gasteiger partial charge in [-0.25, -0.2) is 0 Å². The number of carbonyl (C=O) groups is 2. The second-order valence-corrected chi connectivity index (χ2v) is 10.2. The number of piperidine rings is 1. The summed E-state index contributed by atoms with van der Waals surface area (Å²) in [6.45, 7) is 9.68. The van der Waals surface area contributed by atoms with Gasteiger partial charge in [0.1, 0.15) is 0 Å². The summed E-state index contributed by atoms with van der Waals surface area (Å²) in [5.74, 6) is 0.184. The number of anilines is 2. The quantitative estimate of drug-likeness (QED) is 0.448. The number of likely N-dealkylation sites (tertiary alicyclic amines) is 1. The van der Waals surface area contributed by atoms with E-state index >= 15 is 0 Å². The van der Waals surface area contributed by atoms with Crippen LogP contribution in [0.1, 0.15) is 58.4 Å². The number of carbonyl (C=O) groups excluding carboxylic acids is 2. The molecule has 2 aromatic carbocycles. The maximum absolute atomic E-state index is 12.6. The number of hydrogen-bond acceptors (Lipinski definition) is 4. The molecule has 2 amide bonds.